The van der Waals surface area contributed by atoms with Crippen molar-refractivity contribution >= 4 is 27.9 Å². The number of nitrogens with zero attached hydrogens (tertiary/aromatic N) is 2. The summed E-state index contributed by atoms with van der Waals surface area (Å²) in [6.45, 7) is 8.59. The summed E-state index contributed by atoms with van der Waals surface area (Å²) in [6, 6.07) is 10.5. The lowest BCUT2D eigenvalue weighted by molar-refractivity contribution is 0.313. The van der Waals surface area contributed by atoms with Gasteiger partial charge in [-0.3, -0.25) is 0 Å². The number of aryl methyl sites for hydroxylation is 1. The largest absolute Gasteiger partial charge is 0.462 e. The molecule has 0 fully saturated rings. The van der Waals surface area contributed by atoms with Crippen LogP contribution in [0.3, 0.4) is 0 Å². The lowest BCUT2D eigenvalue weighted by atomic mass is 9.86. The second kappa shape index (κ2) is 8.55. The number of anilines is 1. The quantitative estimate of drug-likeness (QED) is 0.412. The number of H-pyrrole nitrogens is 1. The number of rotatable bonds is 2. The van der Waals surface area contributed by atoms with Crippen LogP contribution < -0.4 is 9.64 Å². The highest BCUT2D eigenvalue weighted by atomic mass is 16.5. The molecule has 3 aromatic rings. The molecule has 7 rings (SSSR count). The van der Waals surface area contributed by atoms with Gasteiger partial charge in [-0.15, -0.1) is 0 Å². The topological polar surface area (TPSA) is 50.4 Å². The minimum atomic E-state index is 0.765. The maximum atomic E-state index is 6.61. The molecule has 37 heavy (non-hydrogen) atoms. The second-order valence-electron chi connectivity index (χ2n) is 10.5. The van der Waals surface area contributed by atoms with Gasteiger partial charge in [-0.1, -0.05) is 12.1 Å². The van der Waals surface area contributed by atoms with Gasteiger partial charge >= 0.3 is 0 Å². The van der Waals surface area contributed by atoms with Gasteiger partial charge in [-0.05, 0) is 105 Å². The standard InChI is InChI=1S/C32H31N3O2/c1-19-14-24(37-31-26-9-7-13-35-12-6-8-22(30(26)35)17-27(19)31)18-25-16-23(15-20(2)36-25)21(3)32-33-28-10-4-5-11-29(28)34-32/h4-5,10-11,14-18H,6-9,12-13H2,1-3H3,(H,33,34)/b23-21-,24-18+. The van der Waals surface area contributed by atoms with Crippen molar-refractivity contribution in [3.63, 3.8) is 0 Å². The van der Waals surface area contributed by atoms with Crippen molar-refractivity contribution in [1.82, 2.24) is 9.97 Å². The molecule has 0 saturated heterocycles. The summed E-state index contributed by atoms with van der Waals surface area (Å²) in [5.41, 5.74) is 10.9. The van der Waals surface area contributed by atoms with E-state index in [0.717, 1.165) is 77.0 Å². The molecule has 4 aliphatic rings. The third-order valence-electron chi connectivity index (χ3n) is 7.87. The van der Waals surface area contributed by atoms with Crippen molar-refractivity contribution in [2.45, 2.75) is 46.5 Å². The molecule has 186 valence electrons. The highest BCUT2D eigenvalue weighted by Crippen LogP contribution is 2.47. The molecule has 1 aromatic heterocycles. The molecule has 4 aliphatic heterocycles. The summed E-state index contributed by atoms with van der Waals surface area (Å²) in [7, 11) is 0. The number of fused-ring (bicyclic) bond motifs is 3. The number of nitrogens with one attached hydrogen (secondary N) is 1. The zero-order valence-corrected chi connectivity index (χ0v) is 21.6. The molecule has 0 bridgehead atoms. The van der Waals surface area contributed by atoms with Crippen molar-refractivity contribution in [1.29, 1.82) is 0 Å². The molecule has 1 N–H and O–H groups in total. The Bertz CT molecular complexity index is 1580. The van der Waals surface area contributed by atoms with E-state index in [2.05, 4.69) is 54.1 Å². The van der Waals surface area contributed by atoms with Crippen molar-refractivity contribution in [3.8, 4) is 5.75 Å². The number of allylic oxidation sites excluding steroid dienone is 8. The van der Waals surface area contributed by atoms with Crippen LogP contribution in [0.5, 0.6) is 5.75 Å². The van der Waals surface area contributed by atoms with Gasteiger partial charge in [0.15, 0.2) is 0 Å². The third-order valence-corrected chi connectivity index (χ3v) is 7.87. The Hall–Kier alpha value is -3.99. The molecule has 5 heterocycles. The number of hydrogen-bond donors (Lipinski definition) is 1. The van der Waals surface area contributed by atoms with Crippen LogP contribution in [0.25, 0.3) is 22.2 Å². The molecule has 0 saturated carbocycles. The highest BCUT2D eigenvalue weighted by Gasteiger charge is 2.30. The van der Waals surface area contributed by atoms with Crippen LogP contribution in [0, 0.1) is 0 Å². The van der Waals surface area contributed by atoms with Gasteiger partial charge < -0.3 is 19.4 Å². The number of hydrogen-bond acceptors (Lipinski definition) is 4. The molecule has 0 atom stereocenters. The first-order chi connectivity index (χ1) is 18.0. The molecule has 0 unspecified atom stereocenters. The predicted octanol–water partition coefficient (Wildman–Crippen LogP) is 7.23. The van der Waals surface area contributed by atoms with E-state index in [-0.39, 0.29) is 0 Å². The Morgan fingerprint density at radius 1 is 1.03 bits per heavy atom. The van der Waals surface area contributed by atoms with Gasteiger partial charge in [-0.25, -0.2) is 4.98 Å². The predicted molar refractivity (Wildman–Crippen MR) is 149 cm³/mol. The molecule has 5 nitrogen and oxygen atoms in total. The fraction of sp³-hybridized carbons (Fsp3) is 0.281. The summed E-state index contributed by atoms with van der Waals surface area (Å²) >= 11 is 0. The first-order valence-electron chi connectivity index (χ1n) is 13.3. The van der Waals surface area contributed by atoms with Crippen LogP contribution in [-0.2, 0) is 17.6 Å². The average molecular weight is 490 g/mol. The van der Waals surface area contributed by atoms with Crippen molar-refractivity contribution in [3.05, 3.63) is 100 Å². The molecular formula is C32H31N3O2. The number of ether oxygens (including phenoxy) is 2. The fourth-order valence-corrected chi connectivity index (χ4v) is 6.10. The average Bonchev–Trinajstić information content (AvgIpc) is 3.33. The van der Waals surface area contributed by atoms with E-state index in [1.807, 2.05) is 31.2 Å². The normalized spacial score (nSPS) is 20.9. The van der Waals surface area contributed by atoms with Crippen LogP contribution in [0.4, 0.5) is 5.69 Å². The second-order valence-corrected chi connectivity index (χ2v) is 10.5. The number of aromatic amines is 1. The first-order valence-corrected chi connectivity index (χ1v) is 13.3. The molecular weight excluding hydrogens is 458 g/mol. The number of benzene rings is 2. The fourth-order valence-electron chi connectivity index (χ4n) is 6.10. The summed E-state index contributed by atoms with van der Waals surface area (Å²) in [4.78, 5) is 10.8. The van der Waals surface area contributed by atoms with Crippen LogP contribution in [0.1, 0.15) is 56.1 Å². The van der Waals surface area contributed by atoms with E-state index < -0.39 is 0 Å². The maximum absolute atomic E-state index is 6.61. The Morgan fingerprint density at radius 3 is 2.73 bits per heavy atom. The van der Waals surface area contributed by atoms with Crippen molar-refractivity contribution in [2.24, 2.45) is 0 Å². The molecule has 0 spiro atoms. The van der Waals surface area contributed by atoms with Crippen LogP contribution >= 0.6 is 0 Å². The molecule has 5 heteroatoms. The summed E-state index contributed by atoms with van der Waals surface area (Å²) in [5, 5.41) is 0. The monoisotopic (exact) mass is 489 g/mol. The first kappa shape index (κ1) is 22.2. The molecule has 0 amide bonds. The van der Waals surface area contributed by atoms with Crippen molar-refractivity contribution < 1.29 is 9.47 Å². The van der Waals surface area contributed by atoms with E-state index in [9.17, 15) is 0 Å². The number of aromatic nitrogens is 2. The highest BCUT2D eigenvalue weighted by molar-refractivity contribution is 5.82. The van der Waals surface area contributed by atoms with Gasteiger partial charge in [-0.2, -0.15) is 0 Å². The Kier molecular flexibility index (Phi) is 5.13. The zero-order valence-electron chi connectivity index (χ0n) is 21.6. The van der Waals surface area contributed by atoms with Crippen molar-refractivity contribution in [2.75, 3.05) is 18.0 Å². The Morgan fingerprint density at radius 2 is 1.86 bits per heavy atom. The van der Waals surface area contributed by atoms with E-state index in [0.29, 0.717) is 0 Å². The minimum absolute atomic E-state index is 0.765. The van der Waals surface area contributed by atoms with E-state index >= 15 is 0 Å². The van der Waals surface area contributed by atoms with E-state index in [1.54, 1.807) is 0 Å². The lowest BCUT2D eigenvalue weighted by Gasteiger charge is -2.39. The van der Waals surface area contributed by atoms with Gasteiger partial charge in [0, 0.05) is 36.0 Å². The summed E-state index contributed by atoms with van der Waals surface area (Å²) < 4.78 is 12.7. The van der Waals surface area contributed by atoms with Gasteiger partial charge in [0.25, 0.3) is 0 Å². The minimum Gasteiger partial charge on any atom is -0.462 e. The van der Waals surface area contributed by atoms with Gasteiger partial charge in [0.2, 0.25) is 0 Å². The maximum Gasteiger partial charge on any atom is 0.140 e. The molecule has 0 radical (unpaired) electrons. The smallest absolute Gasteiger partial charge is 0.140 e. The SMILES string of the molecule is CC1=C/C(=C(\C)c2nc3ccccc3[nH]2)C=C(/C=C2\C=C(C)c3cc4c5c(c3O2)CCCN5CCC4)O1. The van der Waals surface area contributed by atoms with Gasteiger partial charge in [0.1, 0.15) is 28.9 Å². The van der Waals surface area contributed by atoms with Crippen LogP contribution in [-0.4, -0.2) is 23.1 Å². The molecule has 2 aromatic carbocycles. The van der Waals surface area contributed by atoms with E-state index in [4.69, 9.17) is 14.5 Å². The lowest BCUT2D eigenvalue weighted by Crippen LogP contribution is -2.35. The zero-order chi connectivity index (χ0) is 25.1. The van der Waals surface area contributed by atoms with Gasteiger partial charge in [0.05, 0.1) is 11.0 Å². The summed E-state index contributed by atoms with van der Waals surface area (Å²) in [5.74, 6) is 4.33. The summed E-state index contributed by atoms with van der Waals surface area (Å²) in [6.07, 6.45) is 12.9. The Labute approximate surface area is 217 Å². The Balaban J connectivity index is 1.26. The number of para-hydroxylation sites is 2. The van der Waals surface area contributed by atoms with E-state index in [1.165, 1.54) is 40.8 Å². The molecule has 0 aliphatic carbocycles. The number of imidazole rings is 1. The third kappa shape index (κ3) is 3.81. The van der Waals surface area contributed by atoms with Crippen LogP contribution in [0.15, 0.2) is 77.5 Å². The van der Waals surface area contributed by atoms with Crippen LogP contribution in [0.2, 0.25) is 0 Å².